The van der Waals surface area contributed by atoms with Crippen LogP contribution in [-0.4, -0.2) is 24.6 Å². The highest BCUT2D eigenvalue weighted by Crippen LogP contribution is 2.37. The molecule has 0 aliphatic heterocycles. The van der Waals surface area contributed by atoms with Crippen molar-refractivity contribution >= 4 is 28.0 Å². The number of methoxy groups -OCH3 is 1. The van der Waals surface area contributed by atoms with Crippen molar-refractivity contribution in [3.8, 4) is 17.2 Å². The molecule has 154 valence electrons. The molecule has 0 atom stereocenters. The topological polar surface area (TPSA) is 87.9 Å². The molecular weight excluding hydrogens is 442 g/mol. The highest BCUT2D eigenvalue weighted by Gasteiger charge is 2.17. The van der Waals surface area contributed by atoms with Crippen molar-refractivity contribution in [3.63, 3.8) is 0 Å². The largest absolute Gasteiger partial charge is 0.493 e. The molecule has 0 unspecified atom stereocenters. The number of carbonyl (C=O) groups is 1. The van der Waals surface area contributed by atoms with Crippen molar-refractivity contribution in [3.05, 3.63) is 67.8 Å². The van der Waals surface area contributed by atoms with Crippen LogP contribution in [-0.2, 0) is 4.79 Å². The Morgan fingerprint density at radius 2 is 1.97 bits per heavy atom. The number of halogens is 1. The maximum Gasteiger partial charge on any atom is 0.349 e. The van der Waals surface area contributed by atoms with Crippen LogP contribution < -0.4 is 14.2 Å². The predicted octanol–water partition coefficient (Wildman–Crippen LogP) is 5.12. The third-order valence-electron chi connectivity index (χ3n) is 3.99. The van der Waals surface area contributed by atoms with E-state index >= 15 is 0 Å². The van der Waals surface area contributed by atoms with Crippen molar-refractivity contribution in [2.45, 2.75) is 26.7 Å². The summed E-state index contributed by atoms with van der Waals surface area (Å²) >= 11 is 3.31. The Kier molecular flexibility index (Phi) is 7.78. The summed E-state index contributed by atoms with van der Waals surface area (Å²) < 4.78 is 16.8. The van der Waals surface area contributed by atoms with Gasteiger partial charge in [-0.15, -0.1) is 0 Å². The van der Waals surface area contributed by atoms with Crippen molar-refractivity contribution < 1.29 is 23.9 Å². The van der Waals surface area contributed by atoms with E-state index in [-0.39, 0.29) is 24.0 Å². The quantitative estimate of drug-likeness (QED) is 0.233. The van der Waals surface area contributed by atoms with Gasteiger partial charge >= 0.3 is 5.97 Å². The molecule has 0 saturated carbocycles. The molecule has 0 spiro atoms. The van der Waals surface area contributed by atoms with E-state index in [4.69, 9.17) is 14.2 Å². The fourth-order valence-corrected chi connectivity index (χ4v) is 3.15. The molecule has 0 N–H and O–H groups in total. The summed E-state index contributed by atoms with van der Waals surface area (Å²) in [4.78, 5) is 22.3. The zero-order valence-electron chi connectivity index (χ0n) is 16.6. The van der Waals surface area contributed by atoms with E-state index in [1.54, 1.807) is 6.07 Å². The van der Waals surface area contributed by atoms with E-state index in [9.17, 15) is 14.9 Å². The molecule has 29 heavy (non-hydrogen) atoms. The summed E-state index contributed by atoms with van der Waals surface area (Å²) in [5, 5.41) is 10.5. The number of aryl methyl sites for hydroxylation is 1. The van der Waals surface area contributed by atoms with Gasteiger partial charge in [-0.1, -0.05) is 26.0 Å². The van der Waals surface area contributed by atoms with Crippen molar-refractivity contribution in [1.82, 2.24) is 0 Å². The van der Waals surface area contributed by atoms with Gasteiger partial charge in [0.15, 0.2) is 18.1 Å². The Hall–Kier alpha value is -2.87. The molecule has 0 heterocycles. The van der Waals surface area contributed by atoms with Crippen LogP contribution in [0.5, 0.6) is 17.2 Å². The van der Waals surface area contributed by atoms with Crippen LogP contribution in [0, 0.1) is 17.0 Å². The van der Waals surface area contributed by atoms with E-state index < -0.39 is 10.9 Å². The zero-order chi connectivity index (χ0) is 21.6. The second-order valence-corrected chi connectivity index (χ2v) is 7.45. The lowest BCUT2D eigenvalue weighted by Gasteiger charge is -2.15. The zero-order valence-corrected chi connectivity index (χ0v) is 18.2. The van der Waals surface area contributed by atoms with Gasteiger partial charge < -0.3 is 14.2 Å². The molecule has 2 aromatic rings. The molecule has 0 radical (unpaired) electrons. The Morgan fingerprint density at radius 1 is 1.24 bits per heavy atom. The SMILES string of the molecule is COc1cc(C=C[N+](=O)[O-])cc(Br)c1OC(=O)COc1cc(C)ccc1C(C)C. The van der Waals surface area contributed by atoms with Gasteiger partial charge in [-0.3, -0.25) is 10.1 Å². The van der Waals surface area contributed by atoms with Crippen molar-refractivity contribution in [2.24, 2.45) is 0 Å². The molecule has 0 saturated heterocycles. The van der Waals surface area contributed by atoms with Crippen molar-refractivity contribution in [1.29, 1.82) is 0 Å². The first-order valence-corrected chi connectivity index (χ1v) is 9.63. The number of rotatable bonds is 8. The second kappa shape index (κ2) is 10.1. The summed E-state index contributed by atoms with van der Waals surface area (Å²) in [6.45, 7) is 5.77. The van der Waals surface area contributed by atoms with E-state index in [0.717, 1.165) is 17.3 Å². The maximum atomic E-state index is 12.3. The minimum atomic E-state index is -0.603. The molecule has 2 aromatic carbocycles. The number of benzene rings is 2. The molecule has 0 aliphatic rings. The van der Waals surface area contributed by atoms with E-state index in [1.165, 1.54) is 19.3 Å². The summed E-state index contributed by atoms with van der Waals surface area (Å²) in [5.74, 6) is 0.717. The minimum absolute atomic E-state index is 0.174. The molecule has 8 heteroatoms. The number of nitro groups is 1. The Labute approximate surface area is 177 Å². The average Bonchev–Trinajstić information content (AvgIpc) is 2.66. The van der Waals surface area contributed by atoms with E-state index in [1.807, 2.05) is 39.0 Å². The molecule has 0 fully saturated rings. The number of nitrogens with zero attached hydrogens (tertiary/aromatic N) is 1. The van der Waals surface area contributed by atoms with Gasteiger partial charge in [0.1, 0.15) is 5.75 Å². The normalized spacial score (nSPS) is 11.0. The smallest absolute Gasteiger partial charge is 0.349 e. The van der Waals surface area contributed by atoms with E-state index in [0.29, 0.717) is 15.8 Å². The Balaban J connectivity index is 2.15. The summed E-state index contributed by atoms with van der Waals surface area (Å²) in [5.41, 5.74) is 2.55. The number of ether oxygens (including phenoxy) is 3. The lowest BCUT2D eigenvalue weighted by molar-refractivity contribution is -0.400. The van der Waals surface area contributed by atoms with Gasteiger partial charge in [0.2, 0.25) is 6.20 Å². The fourth-order valence-electron chi connectivity index (χ4n) is 2.61. The lowest BCUT2D eigenvalue weighted by atomic mass is 10.0. The molecule has 0 aromatic heterocycles. The first kappa shape index (κ1) is 22.4. The van der Waals surface area contributed by atoms with Gasteiger partial charge in [0.25, 0.3) is 0 Å². The van der Waals surface area contributed by atoms with Gasteiger partial charge in [-0.05, 0) is 63.7 Å². The third-order valence-corrected chi connectivity index (χ3v) is 4.58. The fraction of sp³-hybridized carbons (Fsp3) is 0.286. The highest BCUT2D eigenvalue weighted by molar-refractivity contribution is 9.10. The summed E-state index contributed by atoms with van der Waals surface area (Å²) in [6.07, 6.45) is 2.13. The Morgan fingerprint density at radius 3 is 2.59 bits per heavy atom. The molecule has 2 rings (SSSR count). The molecular formula is C21H22BrNO6. The molecule has 0 bridgehead atoms. The first-order chi connectivity index (χ1) is 13.7. The van der Waals surface area contributed by atoms with E-state index in [2.05, 4.69) is 15.9 Å². The van der Waals surface area contributed by atoms with Gasteiger partial charge in [-0.25, -0.2) is 4.79 Å². The number of carbonyl (C=O) groups excluding carboxylic acids is 1. The van der Waals surface area contributed by atoms with Crippen LogP contribution in [0.15, 0.2) is 41.0 Å². The highest BCUT2D eigenvalue weighted by atomic mass is 79.9. The van der Waals surface area contributed by atoms with Gasteiger partial charge in [0.05, 0.1) is 16.5 Å². The van der Waals surface area contributed by atoms with Crippen LogP contribution in [0.25, 0.3) is 6.08 Å². The van der Waals surface area contributed by atoms with Crippen LogP contribution in [0.1, 0.15) is 36.5 Å². The molecule has 0 aliphatic carbocycles. The van der Waals surface area contributed by atoms with Crippen LogP contribution in [0.3, 0.4) is 0 Å². The lowest BCUT2D eigenvalue weighted by Crippen LogP contribution is -2.19. The molecule has 0 amide bonds. The number of esters is 1. The first-order valence-electron chi connectivity index (χ1n) is 8.84. The standard InChI is InChI=1S/C21H22BrNO6/c1-13(2)16-6-5-14(3)9-18(16)28-12-20(24)29-21-17(22)10-15(7-8-23(25)26)11-19(21)27-4/h5-11,13H,12H2,1-4H3. The van der Waals surface area contributed by atoms with Gasteiger partial charge in [0, 0.05) is 6.08 Å². The average molecular weight is 464 g/mol. The Bertz CT molecular complexity index is 939. The van der Waals surface area contributed by atoms with Crippen LogP contribution in [0.2, 0.25) is 0 Å². The van der Waals surface area contributed by atoms with Crippen molar-refractivity contribution in [2.75, 3.05) is 13.7 Å². The minimum Gasteiger partial charge on any atom is -0.493 e. The molecule has 7 nitrogen and oxygen atoms in total. The predicted molar refractivity (Wildman–Crippen MR) is 113 cm³/mol. The second-order valence-electron chi connectivity index (χ2n) is 6.59. The number of hydrogen-bond donors (Lipinski definition) is 0. The van der Waals surface area contributed by atoms with Crippen LogP contribution >= 0.6 is 15.9 Å². The van der Waals surface area contributed by atoms with Crippen LogP contribution in [0.4, 0.5) is 0 Å². The van der Waals surface area contributed by atoms with Gasteiger partial charge in [-0.2, -0.15) is 0 Å². The third kappa shape index (κ3) is 6.32. The monoisotopic (exact) mass is 463 g/mol. The summed E-state index contributed by atoms with van der Waals surface area (Å²) in [6, 6.07) is 8.99. The maximum absolute atomic E-state index is 12.3. The summed E-state index contributed by atoms with van der Waals surface area (Å²) in [7, 11) is 1.41. The number of hydrogen-bond acceptors (Lipinski definition) is 6.